The van der Waals surface area contributed by atoms with E-state index in [0.717, 1.165) is 37.8 Å². The highest BCUT2D eigenvalue weighted by molar-refractivity contribution is 5.79. The highest BCUT2D eigenvalue weighted by atomic mass is 16.5. The maximum atomic E-state index is 12.4. The second kappa shape index (κ2) is 8.72. The topological polar surface area (TPSA) is 74.6 Å². The van der Waals surface area contributed by atoms with Gasteiger partial charge in [-0.05, 0) is 49.9 Å². The standard InChI is InChI=1S/C19H27N3O3/c1-4-22(12-15-7-8-16(24-2)17(11-15)25-3)13-18(23)21-19(14-20)9-5-6-10-19/h7-8,11H,4-6,9-10,12-13H2,1-3H3,(H,21,23). The Bertz CT molecular complexity index is 633. The fraction of sp³-hybridized carbons (Fsp3) is 0.579. The molecule has 6 nitrogen and oxygen atoms in total. The molecule has 1 aromatic rings. The number of hydrogen-bond donors (Lipinski definition) is 1. The van der Waals surface area contributed by atoms with Crippen LogP contribution in [0.3, 0.4) is 0 Å². The number of carbonyl (C=O) groups is 1. The Morgan fingerprint density at radius 1 is 1.28 bits per heavy atom. The Labute approximate surface area is 149 Å². The Morgan fingerprint density at radius 3 is 2.52 bits per heavy atom. The third kappa shape index (κ3) is 4.86. The van der Waals surface area contributed by atoms with Gasteiger partial charge in [0, 0.05) is 6.54 Å². The van der Waals surface area contributed by atoms with Crippen molar-refractivity contribution < 1.29 is 14.3 Å². The zero-order valence-corrected chi connectivity index (χ0v) is 15.3. The first-order valence-corrected chi connectivity index (χ1v) is 8.71. The predicted octanol–water partition coefficient (Wildman–Crippen LogP) is 2.48. The second-order valence-corrected chi connectivity index (χ2v) is 6.44. The number of methoxy groups -OCH3 is 2. The Kier molecular flexibility index (Phi) is 6.65. The summed E-state index contributed by atoms with van der Waals surface area (Å²) < 4.78 is 10.6. The zero-order valence-electron chi connectivity index (χ0n) is 15.3. The number of rotatable bonds is 8. The van der Waals surface area contributed by atoms with E-state index in [2.05, 4.69) is 11.4 Å². The van der Waals surface area contributed by atoms with E-state index in [0.29, 0.717) is 18.0 Å². The molecule has 1 aromatic carbocycles. The molecule has 1 aliphatic rings. The van der Waals surface area contributed by atoms with Gasteiger partial charge < -0.3 is 14.8 Å². The molecule has 2 rings (SSSR count). The Balaban J connectivity index is 1.98. The summed E-state index contributed by atoms with van der Waals surface area (Å²) in [5, 5.41) is 12.3. The van der Waals surface area contributed by atoms with E-state index in [-0.39, 0.29) is 12.5 Å². The van der Waals surface area contributed by atoms with Crippen molar-refractivity contribution in [3.8, 4) is 17.6 Å². The number of hydrogen-bond acceptors (Lipinski definition) is 5. The summed E-state index contributed by atoms with van der Waals surface area (Å²) in [5.41, 5.74) is 0.378. The van der Waals surface area contributed by atoms with E-state index in [1.807, 2.05) is 30.0 Å². The molecular weight excluding hydrogens is 318 g/mol. The van der Waals surface area contributed by atoms with Crippen LogP contribution in [0.2, 0.25) is 0 Å². The van der Waals surface area contributed by atoms with Crippen molar-refractivity contribution >= 4 is 5.91 Å². The number of ether oxygens (including phenoxy) is 2. The summed E-state index contributed by atoms with van der Waals surface area (Å²) in [6.07, 6.45) is 3.49. The first kappa shape index (κ1) is 19.1. The minimum atomic E-state index is -0.667. The molecule has 1 amide bonds. The second-order valence-electron chi connectivity index (χ2n) is 6.44. The number of nitrogens with one attached hydrogen (secondary N) is 1. The number of nitriles is 1. The molecule has 0 atom stereocenters. The number of carbonyl (C=O) groups excluding carboxylic acids is 1. The summed E-state index contributed by atoms with van der Waals surface area (Å²) >= 11 is 0. The summed E-state index contributed by atoms with van der Waals surface area (Å²) in [6, 6.07) is 8.05. The molecule has 0 aromatic heterocycles. The molecule has 0 bridgehead atoms. The summed E-state index contributed by atoms with van der Waals surface area (Å²) in [7, 11) is 3.21. The molecule has 6 heteroatoms. The van der Waals surface area contributed by atoms with Gasteiger partial charge >= 0.3 is 0 Å². The molecule has 136 valence electrons. The molecule has 0 spiro atoms. The highest BCUT2D eigenvalue weighted by Gasteiger charge is 2.35. The largest absolute Gasteiger partial charge is 0.493 e. The first-order valence-electron chi connectivity index (χ1n) is 8.71. The minimum absolute atomic E-state index is 0.0919. The van der Waals surface area contributed by atoms with Crippen LogP contribution < -0.4 is 14.8 Å². The number of amides is 1. The third-order valence-corrected chi connectivity index (χ3v) is 4.72. The van der Waals surface area contributed by atoms with Crippen molar-refractivity contribution in [2.75, 3.05) is 27.3 Å². The molecule has 1 aliphatic carbocycles. The van der Waals surface area contributed by atoms with Crippen LogP contribution in [0, 0.1) is 11.3 Å². The Morgan fingerprint density at radius 2 is 1.96 bits per heavy atom. The average Bonchev–Trinajstić information content (AvgIpc) is 3.09. The number of likely N-dealkylation sites (N-methyl/N-ethyl adjacent to an activating group) is 1. The first-order chi connectivity index (χ1) is 12.1. The normalized spacial score (nSPS) is 15.6. The molecule has 0 saturated heterocycles. The third-order valence-electron chi connectivity index (χ3n) is 4.72. The molecule has 0 aliphatic heterocycles. The fourth-order valence-corrected chi connectivity index (χ4v) is 3.27. The molecule has 1 fully saturated rings. The Hall–Kier alpha value is -2.26. The van der Waals surface area contributed by atoms with Crippen LogP contribution in [0.5, 0.6) is 11.5 Å². The highest BCUT2D eigenvalue weighted by Crippen LogP contribution is 2.29. The van der Waals surface area contributed by atoms with Gasteiger partial charge in [-0.1, -0.05) is 13.0 Å². The van der Waals surface area contributed by atoms with E-state index in [1.54, 1.807) is 14.2 Å². The van der Waals surface area contributed by atoms with E-state index < -0.39 is 5.54 Å². The number of benzene rings is 1. The molecule has 1 saturated carbocycles. The summed E-state index contributed by atoms with van der Waals surface area (Å²) in [4.78, 5) is 14.4. The van der Waals surface area contributed by atoms with Gasteiger partial charge in [-0.2, -0.15) is 5.26 Å². The lowest BCUT2D eigenvalue weighted by atomic mass is 10.00. The lowest BCUT2D eigenvalue weighted by Crippen LogP contribution is -2.48. The average molecular weight is 345 g/mol. The van der Waals surface area contributed by atoms with Gasteiger partial charge in [-0.15, -0.1) is 0 Å². The lowest BCUT2D eigenvalue weighted by molar-refractivity contribution is -0.123. The smallest absolute Gasteiger partial charge is 0.235 e. The van der Waals surface area contributed by atoms with E-state index in [1.165, 1.54) is 0 Å². The van der Waals surface area contributed by atoms with E-state index >= 15 is 0 Å². The van der Waals surface area contributed by atoms with Gasteiger partial charge in [0.05, 0.1) is 26.8 Å². The van der Waals surface area contributed by atoms with Gasteiger partial charge in [-0.25, -0.2) is 0 Å². The van der Waals surface area contributed by atoms with Crippen molar-refractivity contribution in [3.05, 3.63) is 23.8 Å². The maximum Gasteiger partial charge on any atom is 0.235 e. The van der Waals surface area contributed by atoms with E-state index in [4.69, 9.17) is 9.47 Å². The van der Waals surface area contributed by atoms with Crippen LogP contribution in [0.25, 0.3) is 0 Å². The van der Waals surface area contributed by atoms with Crippen LogP contribution >= 0.6 is 0 Å². The minimum Gasteiger partial charge on any atom is -0.493 e. The summed E-state index contributed by atoms with van der Waals surface area (Å²) in [6.45, 7) is 3.66. The van der Waals surface area contributed by atoms with Gasteiger partial charge in [0.15, 0.2) is 11.5 Å². The quantitative estimate of drug-likeness (QED) is 0.783. The van der Waals surface area contributed by atoms with Crippen molar-refractivity contribution in [2.45, 2.75) is 44.7 Å². The predicted molar refractivity (Wildman–Crippen MR) is 95.5 cm³/mol. The fourth-order valence-electron chi connectivity index (χ4n) is 3.27. The van der Waals surface area contributed by atoms with Crippen LogP contribution in [0.4, 0.5) is 0 Å². The van der Waals surface area contributed by atoms with Gasteiger partial charge in [0.25, 0.3) is 0 Å². The monoisotopic (exact) mass is 345 g/mol. The SMILES string of the molecule is CCN(CC(=O)NC1(C#N)CCCC1)Cc1ccc(OC)c(OC)c1. The van der Waals surface area contributed by atoms with E-state index in [9.17, 15) is 10.1 Å². The molecule has 0 unspecified atom stereocenters. The van der Waals surface area contributed by atoms with Crippen LogP contribution in [-0.4, -0.2) is 43.7 Å². The van der Waals surface area contributed by atoms with Gasteiger partial charge in [-0.3, -0.25) is 9.69 Å². The van der Waals surface area contributed by atoms with Crippen molar-refractivity contribution in [3.63, 3.8) is 0 Å². The molecule has 1 N–H and O–H groups in total. The molecular formula is C19H27N3O3. The summed E-state index contributed by atoms with van der Waals surface area (Å²) in [5.74, 6) is 1.27. The molecule has 0 radical (unpaired) electrons. The van der Waals surface area contributed by atoms with Crippen molar-refractivity contribution in [1.82, 2.24) is 10.2 Å². The van der Waals surface area contributed by atoms with Crippen molar-refractivity contribution in [2.24, 2.45) is 0 Å². The lowest BCUT2D eigenvalue weighted by Gasteiger charge is -2.25. The van der Waals surface area contributed by atoms with Gasteiger partial charge in [0.2, 0.25) is 5.91 Å². The van der Waals surface area contributed by atoms with Crippen LogP contribution in [0.15, 0.2) is 18.2 Å². The zero-order chi connectivity index (χ0) is 18.3. The van der Waals surface area contributed by atoms with Crippen LogP contribution in [0.1, 0.15) is 38.2 Å². The maximum absolute atomic E-state index is 12.4. The molecule has 0 heterocycles. The van der Waals surface area contributed by atoms with Crippen molar-refractivity contribution in [1.29, 1.82) is 5.26 Å². The van der Waals surface area contributed by atoms with Crippen LogP contribution in [-0.2, 0) is 11.3 Å². The molecule has 25 heavy (non-hydrogen) atoms. The van der Waals surface area contributed by atoms with Gasteiger partial charge in [0.1, 0.15) is 5.54 Å². The number of nitrogens with zero attached hydrogens (tertiary/aromatic N) is 2.